The van der Waals surface area contributed by atoms with Crippen LogP contribution in [0.4, 0.5) is 5.69 Å². The van der Waals surface area contributed by atoms with E-state index in [4.69, 9.17) is 5.73 Å². The van der Waals surface area contributed by atoms with E-state index in [1.807, 2.05) is 38.0 Å². The third kappa shape index (κ3) is 4.28. The fourth-order valence-corrected chi connectivity index (χ4v) is 6.55. The van der Waals surface area contributed by atoms with Crippen molar-refractivity contribution in [2.24, 2.45) is 29.4 Å². The quantitative estimate of drug-likeness (QED) is 0.356. The van der Waals surface area contributed by atoms with Crippen LogP contribution < -0.4 is 10.6 Å². The lowest BCUT2D eigenvalue weighted by Crippen LogP contribution is -2.69. The molecule has 4 rings (SSSR count). The Bertz CT molecular complexity index is 1280. The van der Waals surface area contributed by atoms with E-state index in [2.05, 4.69) is 11.8 Å². The van der Waals surface area contributed by atoms with Crippen LogP contribution in [-0.2, 0) is 20.8 Å². The zero-order valence-electron chi connectivity index (χ0n) is 22.7. The van der Waals surface area contributed by atoms with E-state index in [9.17, 15) is 29.4 Å². The smallest absolute Gasteiger partial charge is 0.228 e. The van der Waals surface area contributed by atoms with Gasteiger partial charge in [-0.1, -0.05) is 11.8 Å². The van der Waals surface area contributed by atoms with Crippen LogP contribution >= 0.6 is 0 Å². The summed E-state index contributed by atoms with van der Waals surface area (Å²) >= 11 is 0. The third-order valence-electron chi connectivity index (χ3n) is 8.26. The second-order valence-corrected chi connectivity index (χ2v) is 11.5. The molecule has 0 radical (unpaired) electrons. The van der Waals surface area contributed by atoms with Gasteiger partial charge in [-0.2, -0.15) is 0 Å². The van der Waals surface area contributed by atoms with E-state index in [0.29, 0.717) is 24.2 Å². The number of fused-ring (bicyclic) bond motifs is 3. The zero-order valence-corrected chi connectivity index (χ0v) is 22.7. The van der Waals surface area contributed by atoms with Crippen molar-refractivity contribution in [1.82, 2.24) is 9.80 Å². The van der Waals surface area contributed by atoms with Crippen molar-refractivity contribution in [3.8, 4) is 17.6 Å². The van der Waals surface area contributed by atoms with Crippen LogP contribution in [0.3, 0.4) is 0 Å². The number of phenolic OH excluding ortho intramolecular Hbond substituents is 1. The first-order valence-corrected chi connectivity index (χ1v) is 12.7. The van der Waals surface area contributed by atoms with Gasteiger partial charge < -0.3 is 20.8 Å². The van der Waals surface area contributed by atoms with Gasteiger partial charge in [0.25, 0.3) is 0 Å². The highest BCUT2D eigenvalue weighted by atomic mass is 16.3. The number of primary amides is 1. The van der Waals surface area contributed by atoms with Crippen LogP contribution in [0.2, 0.25) is 0 Å². The molecule has 10 nitrogen and oxygen atoms in total. The second kappa shape index (κ2) is 9.80. The Labute approximate surface area is 222 Å². The van der Waals surface area contributed by atoms with Crippen LogP contribution in [-0.4, -0.2) is 104 Å². The van der Waals surface area contributed by atoms with Gasteiger partial charge in [0.2, 0.25) is 5.91 Å². The molecular weight excluding hydrogens is 488 g/mol. The van der Waals surface area contributed by atoms with Crippen molar-refractivity contribution in [3.63, 3.8) is 0 Å². The lowest BCUT2D eigenvalue weighted by atomic mass is 9.52. The highest BCUT2D eigenvalue weighted by Gasteiger charge is 2.64. The van der Waals surface area contributed by atoms with Crippen LogP contribution in [0.25, 0.3) is 0 Å². The summed E-state index contributed by atoms with van der Waals surface area (Å²) < 4.78 is 0. The summed E-state index contributed by atoms with van der Waals surface area (Å²) in [5.41, 5.74) is 5.08. The Balaban J connectivity index is 1.85. The normalized spacial score (nSPS) is 30.3. The number of carbonyl (C=O) groups is 4. The maximum absolute atomic E-state index is 14.0. The largest absolute Gasteiger partial charge is 0.506 e. The van der Waals surface area contributed by atoms with Gasteiger partial charge >= 0.3 is 0 Å². The van der Waals surface area contributed by atoms with E-state index >= 15 is 0 Å². The Kier molecular flexibility index (Phi) is 7.16. The molecule has 0 aliphatic heterocycles. The molecular formula is C28H36N4O6. The summed E-state index contributed by atoms with van der Waals surface area (Å²) in [6, 6.07) is 0.846. The first-order valence-electron chi connectivity index (χ1n) is 12.7. The molecule has 0 heterocycles. The predicted octanol–water partition coefficient (Wildman–Crippen LogP) is -0.333. The number of hydrogen-bond donors (Lipinski definition) is 3. The number of aromatic hydroxyl groups is 1. The Hall–Kier alpha value is -3.26. The molecule has 3 aliphatic rings. The summed E-state index contributed by atoms with van der Waals surface area (Å²) in [5, 5.41) is 22.9. The lowest BCUT2D eigenvalue weighted by Gasteiger charge is -2.53. The molecule has 0 aromatic heterocycles. The number of ketones is 3. The number of likely N-dealkylation sites (N-methyl/N-ethyl adjacent to an activating group) is 1. The molecule has 38 heavy (non-hydrogen) atoms. The number of benzene rings is 1. The Morgan fingerprint density at radius 3 is 2.37 bits per heavy atom. The highest BCUT2D eigenvalue weighted by Crippen LogP contribution is 2.53. The minimum atomic E-state index is -2.07. The number of hydrogen-bond acceptors (Lipinski definition) is 9. The summed E-state index contributed by atoms with van der Waals surface area (Å²) in [6.07, 6.45) is 0.101. The molecule has 1 aromatic carbocycles. The molecule has 6 atom stereocenters. The van der Waals surface area contributed by atoms with E-state index in [0.717, 1.165) is 0 Å². The highest BCUT2D eigenvalue weighted by molar-refractivity contribution is 6.18. The van der Waals surface area contributed by atoms with Crippen molar-refractivity contribution in [1.29, 1.82) is 0 Å². The number of aliphatic hydroxyl groups is 1. The number of phenols is 1. The van der Waals surface area contributed by atoms with Crippen LogP contribution in [0, 0.1) is 35.5 Å². The molecule has 204 valence electrons. The molecule has 6 unspecified atom stereocenters. The maximum Gasteiger partial charge on any atom is 0.228 e. The molecule has 0 bridgehead atoms. The summed E-state index contributed by atoms with van der Waals surface area (Å²) in [5.74, 6) is -0.782. The van der Waals surface area contributed by atoms with E-state index in [-0.39, 0.29) is 23.3 Å². The molecule has 10 heteroatoms. The van der Waals surface area contributed by atoms with Crippen LogP contribution in [0.5, 0.6) is 5.75 Å². The molecule has 2 fully saturated rings. The van der Waals surface area contributed by atoms with Gasteiger partial charge in [0.15, 0.2) is 17.3 Å². The van der Waals surface area contributed by atoms with Crippen molar-refractivity contribution in [2.45, 2.75) is 30.9 Å². The second-order valence-electron chi connectivity index (χ2n) is 11.5. The van der Waals surface area contributed by atoms with Gasteiger partial charge in [-0.3, -0.25) is 29.0 Å². The van der Waals surface area contributed by atoms with Gasteiger partial charge in [-0.25, -0.2) is 0 Å². The summed E-state index contributed by atoms with van der Waals surface area (Å²) in [7, 11) is 10.7. The number of amides is 1. The minimum Gasteiger partial charge on any atom is -0.506 e. The standard InChI is InChI=1S/C28H36N4O6/c1-30(2)9-7-8-14-12-19(31(3)4)16-10-15-11-18-22(32(5)6)24(34)17(27(29)37)13-28(18,38)26(36)20(15)25(35)21(16)23(14)33/h12,15,17-18,20,22,33,38H,9-11,13H2,1-6H3,(H2,29,37). The average molecular weight is 525 g/mol. The van der Waals surface area contributed by atoms with E-state index < -0.39 is 65.0 Å². The third-order valence-corrected chi connectivity index (χ3v) is 8.26. The number of Topliss-reactive ketones (excluding diaryl/α,β-unsaturated/α-hetero) is 3. The SMILES string of the molecule is CN(C)CC#Cc1cc(N(C)C)c2c(c1O)C(=O)C1C(=O)C3(O)CC(C(N)=O)C(=O)C(N(C)C)C3CC1C2. The molecule has 1 amide bonds. The van der Waals surface area contributed by atoms with Gasteiger partial charge in [0, 0.05) is 32.1 Å². The zero-order chi connectivity index (χ0) is 28.3. The molecule has 2 saturated carbocycles. The first kappa shape index (κ1) is 27.8. The van der Waals surface area contributed by atoms with Crippen LogP contribution in [0.15, 0.2) is 6.07 Å². The summed E-state index contributed by atoms with van der Waals surface area (Å²) in [4.78, 5) is 58.6. The van der Waals surface area contributed by atoms with Crippen molar-refractivity contribution < 1.29 is 29.4 Å². The monoisotopic (exact) mass is 524 g/mol. The molecule has 4 N–H and O–H groups in total. The lowest BCUT2D eigenvalue weighted by molar-refractivity contribution is -0.176. The predicted molar refractivity (Wildman–Crippen MR) is 141 cm³/mol. The summed E-state index contributed by atoms with van der Waals surface area (Å²) in [6.45, 7) is 0.451. The number of carbonyl (C=O) groups excluding carboxylic acids is 4. The fourth-order valence-electron chi connectivity index (χ4n) is 6.55. The van der Waals surface area contributed by atoms with E-state index in [1.54, 1.807) is 25.1 Å². The van der Waals surface area contributed by atoms with Gasteiger partial charge in [-0.05, 0) is 58.6 Å². The van der Waals surface area contributed by atoms with Crippen LogP contribution in [0.1, 0.15) is 34.3 Å². The topological polar surface area (TPSA) is 144 Å². The first-order chi connectivity index (χ1) is 17.7. The minimum absolute atomic E-state index is 0.0458. The number of anilines is 1. The number of nitrogens with zero attached hydrogens (tertiary/aromatic N) is 3. The Morgan fingerprint density at radius 2 is 1.82 bits per heavy atom. The van der Waals surface area contributed by atoms with E-state index in [1.165, 1.54) is 0 Å². The van der Waals surface area contributed by atoms with Gasteiger partial charge in [0.1, 0.15) is 17.3 Å². The van der Waals surface area contributed by atoms with Crippen molar-refractivity contribution in [2.75, 3.05) is 53.7 Å². The number of rotatable bonds is 4. The average Bonchev–Trinajstić information content (AvgIpc) is 2.80. The van der Waals surface area contributed by atoms with Crippen molar-refractivity contribution in [3.05, 3.63) is 22.8 Å². The maximum atomic E-state index is 14.0. The molecule has 1 aromatic rings. The fraction of sp³-hybridized carbons (Fsp3) is 0.571. The van der Waals surface area contributed by atoms with Crippen molar-refractivity contribution >= 4 is 28.9 Å². The molecule has 3 aliphatic carbocycles. The molecule has 0 spiro atoms. The molecule has 0 saturated heterocycles. The number of nitrogens with two attached hydrogens (primary N) is 1. The Morgan fingerprint density at radius 1 is 1.16 bits per heavy atom. The van der Waals surface area contributed by atoms with Gasteiger partial charge in [-0.15, -0.1) is 0 Å². The van der Waals surface area contributed by atoms with Gasteiger partial charge in [0.05, 0.1) is 29.6 Å².